The van der Waals surface area contributed by atoms with E-state index in [1.54, 1.807) is 18.4 Å². The predicted molar refractivity (Wildman–Crippen MR) is 68.4 cm³/mol. The van der Waals surface area contributed by atoms with E-state index in [0.29, 0.717) is 0 Å². The molecular weight excluding hydrogens is 230 g/mol. The summed E-state index contributed by atoms with van der Waals surface area (Å²) in [5.74, 6) is 0.990. The lowest BCUT2D eigenvalue weighted by Crippen LogP contribution is -2.22. The Hall–Kier alpha value is -1.94. The van der Waals surface area contributed by atoms with Gasteiger partial charge in [-0.25, -0.2) is 0 Å². The minimum absolute atomic E-state index is 0.0446. The van der Waals surface area contributed by atoms with Gasteiger partial charge in [0.15, 0.2) is 0 Å². The Balaban J connectivity index is 2.10. The Bertz CT molecular complexity index is 508. The molecule has 96 valence electrons. The number of aromatic hydroxyl groups is 2. The van der Waals surface area contributed by atoms with E-state index in [0.717, 1.165) is 11.3 Å². The first-order chi connectivity index (χ1) is 8.58. The lowest BCUT2D eigenvalue weighted by Gasteiger charge is -2.19. The molecule has 4 nitrogen and oxygen atoms in total. The Kier molecular flexibility index (Phi) is 3.58. The summed E-state index contributed by atoms with van der Waals surface area (Å²) in [6, 6.07) is 8.35. The second-order valence-electron chi connectivity index (χ2n) is 4.37. The first-order valence-corrected chi connectivity index (χ1v) is 5.89. The van der Waals surface area contributed by atoms with E-state index in [-0.39, 0.29) is 23.6 Å². The van der Waals surface area contributed by atoms with Gasteiger partial charge in [0.25, 0.3) is 0 Å². The Morgan fingerprint density at radius 3 is 2.50 bits per heavy atom. The van der Waals surface area contributed by atoms with Gasteiger partial charge >= 0.3 is 0 Å². The third kappa shape index (κ3) is 2.65. The van der Waals surface area contributed by atoms with Gasteiger partial charge in [0, 0.05) is 17.7 Å². The van der Waals surface area contributed by atoms with Gasteiger partial charge in [0.05, 0.1) is 12.3 Å². The van der Waals surface area contributed by atoms with Gasteiger partial charge < -0.3 is 19.9 Å². The summed E-state index contributed by atoms with van der Waals surface area (Å²) in [4.78, 5) is 0. The maximum atomic E-state index is 9.78. The topological polar surface area (TPSA) is 65.6 Å². The minimum Gasteiger partial charge on any atom is -0.508 e. The van der Waals surface area contributed by atoms with Crippen LogP contribution in [0.25, 0.3) is 0 Å². The summed E-state index contributed by atoms with van der Waals surface area (Å²) in [5, 5.41) is 22.4. The van der Waals surface area contributed by atoms with Crippen molar-refractivity contribution in [3.05, 3.63) is 47.9 Å². The van der Waals surface area contributed by atoms with Crippen LogP contribution >= 0.6 is 0 Å². The fourth-order valence-corrected chi connectivity index (χ4v) is 1.98. The highest BCUT2D eigenvalue weighted by atomic mass is 16.3. The zero-order valence-electron chi connectivity index (χ0n) is 10.4. The first-order valence-electron chi connectivity index (χ1n) is 5.89. The number of phenols is 2. The summed E-state index contributed by atoms with van der Waals surface area (Å²) < 4.78 is 5.32. The van der Waals surface area contributed by atoms with Gasteiger partial charge in [-0.2, -0.15) is 0 Å². The van der Waals surface area contributed by atoms with Crippen molar-refractivity contribution < 1.29 is 14.6 Å². The predicted octanol–water partition coefficient (Wildman–Crippen LogP) is 3.10. The van der Waals surface area contributed by atoms with E-state index in [9.17, 15) is 10.2 Å². The number of nitrogens with one attached hydrogen (secondary N) is 1. The van der Waals surface area contributed by atoms with Gasteiger partial charge in [0.1, 0.15) is 17.3 Å². The summed E-state index contributed by atoms with van der Waals surface area (Å²) in [5.41, 5.74) is 0.742. The first kappa shape index (κ1) is 12.5. The maximum Gasteiger partial charge on any atom is 0.124 e. The molecule has 0 aliphatic rings. The zero-order chi connectivity index (χ0) is 13.1. The molecule has 0 aliphatic carbocycles. The molecule has 2 rings (SSSR count). The second kappa shape index (κ2) is 5.14. The highest BCUT2D eigenvalue weighted by Crippen LogP contribution is 2.29. The number of benzene rings is 1. The number of hydrogen-bond donors (Lipinski definition) is 3. The van der Waals surface area contributed by atoms with Crippen molar-refractivity contribution in [1.29, 1.82) is 0 Å². The smallest absolute Gasteiger partial charge is 0.124 e. The van der Waals surface area contributed by atoms with E-state index >= 15 is 0 Å². The zero-order valence-corrected chi connectivity index (χ0v) is 10.4. The Morgan fingerprint density at radius 1 is 1.11 bits per heavy atom. The molecule has 2 unspecified atom stereocenters. The van der Waals surface area contributed by atoms with Crippen molar-refractivity contribution in [1.82, 2.24) is 5.32 Å². The molecule has 0 amide bonds. The molecule has 0 aliphatic heterocycles. The van der Waals surface area contributed by atoms with Crippen molar-refractivity contribution in [3.8, 4) is 11.5 Å². The van der Waals surface area contributed by atoms with E-state index in [2.05, 4.69) is 5.32 Å². The van der Waals surface area contributed by atoms with Crippen LogP contribution in [0.3, 0.4) is 0 Å². The monoisotopic (exact) mass is 247 g/mol. The number of hydrogen-bond acceptors (Lipinski definition) is 4. The normalized spacial score (nSPS) is 14.3. The summed E-state index contributed by atoms with van der Waals surface area (Å²) in [6.07, 6.45) is 1.64. The summed E-state index contributed by atoms with van der Waals surface area (Å²) in [7, 11) is 0. The molecule has 0 saturated heterocycles. The van der Waals surface area contributed by atoms with Crippen molar-refractivity contribution in [2.24, 2.45) is 0 Å². The lowest BCUT2D eigenvalue weighted by atomic mass is 10.1. The SMILES string of the molecule is CC(NC(C)c1ccc(O)cc1O)c1ccco1. The summed E-state index contributed by atoms with van der Waals surface area (Å²) in [6.45, 7) is 3.94. The largest absolute Gasteiger partial charge is 0.508 e. The van der Waals surface area contributed by atoms with Crippen LogP contribution in [0.4, 0.5) is 0 Å². The fraction of sp³-hybridized carbons (Fsp3) is 0.286. The van der Waals surface area contributed by atoms with Gasteiger partial charge in [-0.15, -0.1) is 0 Å². The third-order valence-electron chi connectivity index (χ3n) is 2.95. The van der Waals surface area contributed by atoms with Crippen LogP contribution in [-0.4, -0.2) is 10.2 Å². The molecule has 1 aromatic carbocycles. The van der Waals surface area contributed by atoms with Crippen LogP contribution in [0, 0.1) is 0 Å². The van der Waals surface area contributed by atoms with Crippen LogP contribution < -0.4 is 5.32 Å². The van der Waals surface area contributed by atoms with Crippen molar-refractivity contribution >= 4 is 0 Å². The number of phenolic OH excluding ortho intramolecular Hbond substituents is 2. The quantitative estimate of drug-likeness (QED) is 0.776. The molecule has 0 fully saturated rings. The van der Waals surface area contributed by atoms with Gasteiger partial charge in [-0.3, -0.25) is 0 Å². The highest BCUT2D eigenvalue weighted by molar-refractivity contribution is 5.40. The van der Waals surface area contributed by atoms with E-state index in [1.807, 2.05) is 26.0 Å². The molecule has 0 saturated carbocycles. The fourth-order valence-electron chi connectivity index (χ4n) is 1.98. The van der Waals surface area contributed by atoms with Crippen LogP contribution in [0.5, 0.6) is 11.5 Å². The van der Waals surface area contributed by atoms with Gasteiger partial charge in [-0.05, 0) is 32.0 Å². The number of rotatable bonds is 4. The maximum absolute atomic E-state index is 9.78. The molecule has 1 heterocycles. The van der Waals surface area contributed by atoms with Crippen molar-refractivity contribution in [2.75, 3.05) is 0 Å². The van der Waals surface area contributed by atoms with Crippen LogP contribution in [0.2, 0.25) is 0 Å². The van der Waals surface area contributed by atoms with Crippen LogP contribution in [-0.2, 0) is 0 Å². The van der Waals surface area contributed by atoms with Crippen molar-refractivity contribution in [3.63, 3.8) is 0 Å². The average Bonchev–Trinajstić information content (AvgIpc) is 2.81. The molecule has 0 bridgehead atoms. The van der Waals surface area contributed by atoms with Crippen LogP contribution in [0.15, 0.2) is 41.0 Å². The third-order valence-corrected chi connectivity index (χ3v) is 2.95. The minimum atomic E-state index is -0.0503. The molecule has 0 spiro atoms. The Morgan fingerprint density at radius 2 is 1.89 bits per heavy atom. The molecule has 4 heteroatoms. The lowest BCUT2D eigenvalue weighted by molar-refractivity contribution is 0.391. The van der Waals surface area contributed by atoms with E-state index < -0.39 is 0 Å². The van der Waals surface area contributed by atoms with E-state index in [4.69, 9.17) is 4.42 Å². The van der Waals surface area contributed by atoms with Crippen molar-refractivity contribution in [2.45, 2.75) is 25.9 Å². The molecule has 18 heavy (non-hydrogen) atoms. The molecular formula is C14H17NO3. The molecule has 1 aromatic heterocycles. The molecule has 2 aromatic rings. The molecule has 0 radical (unpaired) electrons. The standard InChI is InChI=1S/C14H17NO3/c1-9(12-6-5-11(16)8-13(12)17)15-10(2)14-4-3-7-18-14/h3-10,15-17H,1-2H3. The number of furan rings is 1. The average molecular weight is 247 g/mol. The van der Waals surface area contributed by atoms with Gasteiger partial charge in [0.2, 0.25) is 0 Å². The second-order valence-corrected chi connectivity index (χ2v) is 4.37. The highest BCUT2D eigenvalue weighted by Gasteiger charge is 2.15. The van der Waals surface area contributed by atoms with E-state index in [1.165, 1.54) is 6.07 Å². The van der Waals surface area contributed by atoms with Crippen LogP contribution in [0.1, 0.15) is 37.3 Å². The molecule has 3 N–H and O–H groups in total. The Labute approximate surface area is 106 Å². The molecule has 2 atom stereocenters. The summed E-state index contributed by atoms with van der Waals surface area (Å²) >= 11 is 0. The van der Waals surface area contributed by atoms with Gasteiger partial charge in [-0.1, -0.05) is 6.07 Å².